The summed E-state index contributed by atoms with van der Waals surface area (Å²) in [6.07, 6.45) is 1.16. The average molecular weight is 561 g/mol. The van der Waals surface area contributed by atoms with Crippen molar-refractivity contribution in [3.63, 3.8) is 0 Å². The van der Waals surface area contributed by atoms with Crippen molar-refractivity contribution in [3.05, 3.63) is 69.2 Å². The summed E-state index contributed by atoms with van der Waals surface area (Å²) in [4.78, 5) is 18.8. The highest BCUT2D eigenvalue weighted by atomic mass is 35.5. The lowest BCUT2D eigenvalue weighted by atomic mass is 9.93. The molecule has 4 rings (SSSR count). The molecule has 2 aromatic carbocycles. The Balaban J connectivity index is 1.54. The van der Waals surface area contributed by atoms with Gasteiger partial charge in [0.2, 0.25) is 10.0 Å². The zero-order valence-electron chi connectivity index (χ0n) is 20.0. The summed E-state index contributed by atoms with van der Waals surface area (Å²) in [6.45, 7) is 2.21. The topological polar surface area (TPSA) is 64.2 Å². The number of likely N-dealkylation sites (tertiary alicyclic amines) is 1. The molecule has 0 saturated carbocycles. The van der Waals surface area contributed by atoms with Gasteiger partial charge < -0.3 is 9.80 Å². The van der Waals surface area contributed by atoms with E-state index in [9.17, 15) is 22.0 Å². The smallest absolute Gasteiger partial charge is 0.320 e. The molecule has 2 heterocycles. The van der Waals surface area contributed by atoms with Gasteiger partial charge in [0.1, 0.15) is 11.6 Å². The number of halogens is 4. The van der Waals surface area contributed by atoms with Gasteiger partial charge in [-0.1, -0.05) is 29.3 Å². The number of carbonyl (C=O) groups is 1. The van der Waals surface area contributed by atoms with Crippen LogP contribution in [0.4, 0.5) is 13.6 Å². The summed E-state index contributed by atoms with van der Waals surface area (Å²) >= 11 is 12.4. The minimum atomic E-state index is -3.30. The minimum Gasteiger partial charge on any atom is -0.322 e. The number of urea groups is 1. The predicted octanol–water partition coefficient (Wildman–Crippen LogP) is 3.87. The maximum Gasteiger partial charge on any atom is 0.320 e. The second-order valence-corrected chi connectivity index (χ2v) is 12.2. The van der Waals surface area contributed by atoms with Gasteiger partial charge in [0.15, 0.2) is 0 Å². The molecule has 0 spiro atoms. The van der Waals surface area contributed by atoms with Crippen molar-refractivity contribution in [2.75, 3.05) is 52.6 Å². The molecule has 2 aromatic rings. The Morgan fingerprint density at radius 3 is 2.19 bits per heavy atom. The molecule has 2 fully saturated rings. The van der Waals surface area contributed by atoms with Gasteiger partial charge >= 0.3 is 6.03 Å². The van der Waals surface area contributed by atoms with E-state index in [1.165, 1.54) is 16.4 Å². The van der Waals surface area contributed by atoms with Crippen molar-refractivity contribution in [3.8, 4) is 0 Å². The Labute approximate surface area is 220 Å². The highest BCUT2D eigenvalue weighted by Crippen LogP contribution is 2.35. The molecule has 2 amide bonds. The number of hydrogen-bond donors (Lipinski definition) is 0. The Morgan fingerprint density at radius 1 is 0.972 bits per heavy atom. The van der Waals surface area contributed by atoms with Crippen LogP contribution in [0.25, 0.3) is 0 Å². The van der Waals surface area contributed by atoms with Crippen LogP contribution in [0.15, 0.2) is 36.4 Å². The average Bonchev–Trinajstić information content (AvgIpc) is 3.25. The lowest BCUT2D eigenvalue weighted by molar-refractivity contribution is 0.138. The molecule has 2 aliphatic rings. The molecule has 36 heavy (non-hydrogen) atoms. The van der Waals surface area contributed by atoms with E-state index in [4.69, 9.17) is 23.2 Å². The Kier molecular flexibility index (Phi) is 8.11. The molecule has 7 nitrogen and oxygen atoms in total. The van der Waals surface area contributed by atoms with Crippen LogP contribution in [0.2, 0.25) is 10.0 Å². The molecule has 0 radical (unpaired) electrons. The van der Waals surface area contributed by atoms with Crippen LogP contribution >= 0.6 is 23.2 Å². The van der Waals surface area contributed by atoms with E-state index in [0.29, 0.717) is 41.8 Å². The molecule has 0 bridgehead atoms. The Morgan fingerprint density at radius 2 is 1.61 bits per heavy atom. The molecular weight excluding hydrogens is 533 g/mol. The molecule has 2 atom stereocenters. The molecule has 2 aliphatic heterocycles. The lowest BCUT2D eigenvalue weighted by Crippen LogP contribution is -2.53. The van der Waals surface area contributed by atoms with E-state index < -0.39 is 21.7 Å². The minimum absolute atomic E-state index is 0.121. The zero-order valence-corrected chi connectivity index (χ0v) is 22.3. The number of likely N-dealkylation sites (N-methyl/N-ethyl adjacent to an activating group) is 1. The molecule has 0 unspecified atom stereocenters. The van der Waals surface area contributed by atoms with Gasteiger partial charge in [0.05, 0.1) is 16.3 Å². The monoisotopic (exact) mass is 560 g/mol. The van der Waals surface area contributed by atoms with Crippen LogP contribution in [-0.2, 0) is 16.6 Å². The van der Waals surface area contributed by atoms with Crippen molar-refractivity contribution in [1.82, 2.24) is 19.0 Å². The number of nitrogens with zero attached hydrogens (tertiary/aromatic N) is 4. The van der Waals surface area contributed by atoms with E-state index in [1.807, 2.05) is 18.0 Å². The first-order valence-electron chi connectivity index (χ1n) is 11.5. The Bertz CT molecular complexity index is 1220. The summed E-state index contributed by atoms with van der Waals surface area (Å²) in [5.74, 6) is -1.41. The van der Waals surface area contributed by atoms with Crippen LogP contribution < -0.4 is 0 Å². The third-order valence-corrected chi connectivity index (χ3v) is 8.87. The fourth-order valence-electron chi connectivity index (χ4n) is 4.98. The lowest BCUT2D eigenvalue weighted by Gasteiger charge is -2.35. The molecular formula is C24H28Cl2F2N4O3S. The van der Waals surface area contributed by atoms with Gasteiger partial charge in [0.25, 0.3) is 0 Å². The molecule has 0 aliphatic carbocycles. The first kappa shape index (κ1) is 27.1. The van der Waals surface area contributed by atoms with Crippen LogP contribution in [0.1, 0.15) is 17.0 Å². The van der Waals surface area contributed by atoms with Gasteiger partial charge in [0, 0.05) is 63.8 Å². The number of carbonyl (C=O) groups excluding carboxylic acids is 1. The number of benzene rings is 2. The van der Waals surface area contributed by atoms with Crippen LogP contribution in [0, 0.1) is 11.6 Å². The van der Waals surface area contributed by atoms with Gasteiger partial charge in [-0.15, -0.1) is 0 Å². The molecule has 196 valence electrons. The summed E-state index contributed by atoms with van der Waals surface area (Å²) < 4.78 is 52.5. The van der Waals surface area contributed by atoms with Crippen LogP contribution in [-0.4, -0.2) is 92.1 Å². The third kappa shape index (κ3) is 6.11. The SMILES string of the molecule is CN(Cc1cc(F)cc(F)c1)[C@@H]1CN(C(=O)N2CCN(S(C)(=O)=O)CC2)C[C@@H]1c1ccc(Cl)c(Cl)c1. The maximum absolute atomic E-state index is 13.8. The first-order chi connectivity index (χ1) is 16.9. The third-order valence-electron chi connectivity index (χ3n) is 6.83. The fourth-order valence-corrected chi connectivity index (χ4v) is 6.11. The van der Waals surface area contributed by atoms with Gasteiger partial charge in [-0.25, -0.2) is 22.0 Å². The van der Waals surface area contributed by atoms with Crippen molar-refractivity contribution >= 4 is 39.3 Å². The molecule has 0 aromatic heterocycles. The summed E-state index contributed by atoms with van der Waals surface area (Å²) in [6, 6.07) is 8.49. The van der Waals surface area contributed by atoms with Crippen LogP contribution in [0.5, 0.6) is 0 Å². The van der Waals surface area contributed by atoms with Crippen LogP contribution in [0.3, 0.4) is 0 Å². The fraction of sp³-hybridized carbons (Fsp3) is 0.458. The normalized spacial score (nSPS) is 21.4. The number of hydrogen-bond acceptors (Lipinski definition) is 4. The van der Waals surface area contributed by atoms with E-state index in [2.05, 4.69) is 0 Å². The predicted molar refractivity (Wildman–Crippen MR) is 136 cm³/mol. The number of amides is 2. The molecule has 0 N–H and O–H groups in total. The Hall–Kier alpha value is -1.98. The second kappa shape index (κ2) is 10.8. The number of piperazine rings is 1. The van der Waals surface area contributed by atoms with Crippen molar-refractivity contribution in [2.45, 2.75) is 18.5 Å². The van der Waals surface area contributed by atoms with E-state index >= 15 is 0 Å². The van der Waals surface area contributed by atoms with Crippen molar-refractivity contribution in [1.29, 1.82) is 0 Å². The van der Waals surface area contributed by atoms with Gasteiger partial charge in [-0.2, -0.15) is 4.31 Å². The van der Waals surface area contributed by atoms with E-state index in [0.717, 1.165) is 17.9 Å². The maximum atomic E-state index is 13.8. The molecule has 12 heteroatoms. The zero-order chi connectivity index (χ0) is 26.2. The summed E-state index contributed by atoms with van der Waals surface area (Å²) in [5.41, 5.74) is 1.40. The van der Waals surface area contributed by atoms with E-state index in [-0.39, 0.29) is 37.6 Å². The van der Waals surface area contributed by atoms with Crippen molar-refractivity contribution < 1.29 is 22.0 Å². The second-order valence-electron chi connectivity index (χ2n) is 9.38. The first-order valence-corrected chi connectivity index (χ1v) is 14.1. The number of sulfonamides is 1. The number of rotatable bonds is 5. The standard InChI is InChI=1S/C24H28Cl2F2N4O3S/c1-29(13-16-9-18(27)12-19(28)10-16)23-15-31(14-20(23)17-3-4-21(25)22(26)11-17)24(33)30-5-7-32(8-6-30)36(2,34)35/h3-4,9-12,20,23H,5-8,13-15H2,1-2H3/t20-,23-/m1/s1. The van der Waals surface area contributed by atoms with Gasteiger partial charge in [-0.05, 0) is 42.4 Å². The van der Waals surface area contributed by atoms with Gasteiger partial charge in [-0.3, -0.25) is 4.90 Å². The quantitative estimate of drug-likeness (QED) is 0.557. The highest BCUT2D eigenvalue weighted by molar-refractivity contribution is 7.88. The van der Waals surface area contributed by atoms with Crippen molar-refractivity contribution in [2.24, 2.45) is 0 Å². The largest absolute Gasteiger partial charge is 0.322 e. The summed E-state index contributed by atoms with van der Waals surface area (Å²) in [5, 5.41) is 0.833. The van der Waals surface area contributed by atoms with E-state index in [1.54, 1.807) is 21.9 Å². The highest BCUT2D eigenvalue weighted by Gasteiger charge is 2.40. The molecule has 2 saturated heterocycles. The summed E-state index contributed by atoms with van der Waals surface area (Å²) in [7, 11) is -1.45.